The third kappa shape index (κ3) is 2.82. The van der Waals surface area contributed by atoms with E-state index in [4.69, 9.17) is 4.74 Å². The Labute approximate surface area is 110 Å². The molecule has 88 valence electrons. The number of hydrogen-bond acceptors (Lipinski definition) is 3. The van der Waals surface area contributed by atoms with Gasteiger partial charge in [-0.25, -0.2) is 9.37 Å². The highest BCUT2D eigenvalue weighted by Crippen LogP contribution is 2.15. The van der Waals surface area contributed by atoms with Crippen molar-refractivity contribution >= 4 is 22.6 Å². The number of rotatable bonds is 3. The van der Waals surface area contributed by atoms with E-state index in [-0.39, 0.29) is 23.9 Å². The lowest BCUT2D eigenvalue weighted by molar-refractivity contribution is 0.284. The van der Waals surface area contributed by atoms with E-state index in [9.17, 15) is 9.18 Å². The second-order valence-corrected chi connectivity index (χ2v) is 4.31. The molecule has 0 saturated carbocycles. The number of hydrogen-bond donors (Lipinski definition) is 1. The number of benzene rings is 1. The van der Waals surface area contributed by atoms with Crippen LogP contribution in [0.15, 0.2) is 35.4 Å². The first-order valence-corrected chi connectivity index (χ1v) is 5.86. The van der Waals surface area contributed by atoms with Gasteiger partial charge in [0.15, 0.2) is 0 Å². The smallest absolute Gasteiger partial charge is 0.268 e. The normalized spacial score (nSPS) is 10.2. The molecule has 17 heavy (non-hydrogen) atoms. The van der Waals surface area contributed by atoms with Crippen LogP contribution in [0.1, 0.15) is 5.56 Å². The Morgan fingerprint density at radius 1 is 1.41 bits per heavy atom. The Kier molecular flexibility index (Phi) is 3.72. The van der Waals surface area contributed by atoms with Gasteiger partial charge in [0.05, 0.1) is 6.33 Å². The van der Waals surface area contributed by atoms with Gasteiger partial charge in [-0.05, 0) is 28.7 Å². The summed E-state index contributed by atoms with van der Waals surface area (Å²) in [6.07, 6.45) is 1.25. The second kappa shape index (κ2) is 5.26. The van der Waals surface area contributed by atoms with Crippen LogP contribution in [0, 0.1) is 9.39 Å². The fourth-order valence-electron chi connectivity index (χ4n) is 1.23. The molecule has 1 heterocycles. The summed E-state index contributed by atoms with van der Waals surface area (Å²) in [5.41, 5.74) is 0.148. The van der Waals surface area contributed by atoms with E-state index in [0.717, 1.165) is 0 Å². The summed E-state index contributed by atoms with van der Waals surface area (Å²) in [5, 5.41) is 0. The van der Waals surface area contributed by atoms with Crippen molar-refractivity contribution in [1.29, 1.82) is 0 Å². The molecule has 1 N–H and O–H groups in total. The van der Waals surface area contributed by atoms with Crippen molar-refractivity contribution in [3.05, 3.63) is 55.9 Å². The molecule has 2 aromatic rings. The lowest BCUT2D eigenvalue weighted by Crippen LogP contribution is -2.12. The molecule has 0 aliphatic carbocycles. The zero-order valence-corrected chi connectivity index (χ0v) is 10.8. The van der Waals surface area contributed by atoms with E-state index in [0.29, 0.717) is 9.13 Å². The first-order valence-electron chi connectivity index (χ1n) is 4.78. The molecule has 1 aromatic carbocycles. The standard InChI is InChI=1S/C11H8FIN2O2/c12-8-4-2-1-3-7(8)5-17-11-9(13)10(16)14-6-15-11/h1-4,6H,5H2,(H,14,15,16). The van der Waals surface area contributed by atoms with Gasteiger partial charge in [0.2, 0.25) is 5.88 Å². The lowest BCUT2D eigenvalue weighted by Gasteiger charge is -2.06. The molecule has 0 amide bonds. The van der Waals surface area contributed by atoms with Crippen LogP contribution in [0.3, 0.4) is 0 Å². The van der Waals surface area contributed by atoms with E-state index >= 15 is 0 Å². The minimum Gasteiger partial charge on any atom is -0.472 e. The van der Waals surface area contributed by atoms with Gasteiger partial charge in [-0.1, -0.05) is 18.2 Å². The van der Waals surface area contributed by atoms with E-state index in [1.54, 1.807) is 18.2 Å². The van der Waals surface area contributed by atoms with Crippen molar-refractivity contribution in [1.82, 2.24) is 9.97 Å². The molecule has 6 heteroatoms. The van der Waals surface area contributed by atoms with Crippen LogP contribution in [-0.2, 0) is 6.61 Å². The number of aromatic nitrogens is 2. The minimum atomic E-state index is -0.340. The van der Waals surface area contributed by atoms with Crippen molar-refractivity contribution in [2.75, 3.05) is 0 Å². The van der Waals surface area contributed by atoms with Crippen molar-refractivity contribution in [2.24, 2.45) is 0 Å². The first kappa shape index (κ1) is 12.0. The van der Waals surface area contributed by atoms with Crippen LogP contribution >= 0.6 is 22.6 Å². The van der Waals surface area contributed by atoms with Crippen LogP contribution in [-0.4, -0.2) is 9.97 Å². The molecular weight excluding hydrogens is 338 g/mol. The topological polar surface area (TPSA) is 55.0 Å². The van der Waals surface area contributed by atoms with E-state index in [2.05, 4.69) is 9.97 Å². The number of nitrogens with one attached hydrogen (secondary N) is 1. The molecule has 0 saturated heterocycles. The second-order valence-electron chi connectivity index (χ2n) is 3.23. The van der Waals surface area contributed by atoms with Gasteiger partial charge in [0.25, 0.3) is 5.56 Å². The third-order valence-electron chi connectivity index (χ3n) is 2.09. The van der Waals surface area contributed by atoms with Gasteiger partial charge >= 0.3 is 0 Å². The van der Waals surface area contributed by atoms with Crippen molar-refractivity contribution < 1.29 is 9.13 Å². The molecular formula is C11H8FIN2O2. The summed E-state index contributed by atoms with van der Waals surface area (Å²) in [5.74, 6) is -0.134. The number of halogens is 2. The van der Waals surface area contributed by atoms with Crippen LogP contribution in [0.5, 0.6) is 5.88 Å². The van der Waals surface area contributed by atoms with Crippen LogP contribution in [0.2, 0.25) is 0 Å². The average Bonchev–Trinajstić information content (AvgIpc) is 2.33. The Hall–Kier alpha value is -1.44. The highest BCUT2D eigenvalue weighted by atomic mass is 127. The predicted octanol–water partition coefficient (Wildman–Crippen LogP) is 2.09. The minimum absolute atomic E-state index is 0.0408. The van der Waals surface area contributed by atoms with Gasteiger partial charge in [-0.15, -0.1) is 0 Å². The Morgan fingerprint density at radius 2 is 2.18 bits per heavy atom. The molecule has 0 unspecified atom stereocenters. The SMILES string of the molecule is O=c1[nH]cnc(OCc2ccccc2F)c1I. The molecule has 0 bridgehead atoms. The highest BCUT2D eigenvalue weighted by molar-refractivity contribution is 14.1. The quantitative estimate of drug-likeness (QED) is 0.866. The van der Waals surface area contributed by atoms with Gasteiger partial charge in [0.1, 0.15) is 16.0 Å². The Morgan fingerprint density at radius 3 is 2.94 bits per heavy atom. The van der Waals surface area contributed by atoms with E-state index < -0.39 is 0 Å². The molecule has 4 nitrogen and oxygen atoms in total. The summed E-state index contributed by atoms with van der Waals surface area (Å²) in [4.78, 5) is 17.6. The Balaban J connectivity index is 2.16. The lowest BCUT2D eigenvalue weighted by atomic mass is 10.2. The van der Waals surface area contributed by atoms with Crippen LogP contribution < -0.4 is 10.3 Å². The molecule has 0 aliphatic heterocycles. The van der Waals surface area contributed by atoms with Crippen molar-refractivity contribution in [3.8, 4) is 5.88 Å². The van der Waals surface area contributed by atoms with Gasteiger partial charge in [-0.2, -0.15) is 0 Å². The number of nitrogens with zero attached hydrogens (tertiary/aromatic N) is 1. The monoisotopic (exact) mass is 346 g/mol. The number of H-pyrrole nitrogens is 1. The Bertz CT molecular complexity index is 586. The van der Waals surface area contributed by atoms with Crippen molar-refractivity contribution in [2.45, 2.75) is 6.61 Å². The zero-order valence-electron chi connectivity index (χ0n) is 8.61. The van der Waals surface area contributed by atoms with Gasteiger partial charge < -0.3 is 9.72 Å². The zero-order chi connectivity index (χ0) is 12.3. The van der Waals surface area contributed by atoms with Crippen LogP contribution in [0.25, 0.3) is 0 Å². The predicted molar refractivity (Wildman–Crippen MR) is 68.3 cm³/mol. The maximum atomic E-state index is 13.3. The maximum Gasteiger partial charge on any atom is 0.268 e. The maximum absolute atomic E-state index is 13.3. The highest BCUT2D eigenvalue weighted by Gasteiger charge is 2.08. The number of aromatic amines is 1. The van der Waals surface area contributed by atoms with Crippen LogP contribution in [0.4, 0.5) is 4.39 Å². The van der Waals surface area contributed by atoms with E-state index in [1.807, 2.05) is 22.6 Å². The third-order valence-corrected chi connectivity index (χ3v) is 3.04. The summed E-state index contributed by atoms with van der Waals surface area (Å²) < 4.78 is 19.0. The summed E-state index contributed by atoms with van der Waals surface area (Å²) in [7, 11) is 0. The van der Waals surface area contributed by atoms with Crippen molar-refractivity contribution in [3.63, 3.8) is 0 Å². The molecule has 0 fully saturated rings. The van der Waals surface area contributed by atoms with Gasteiger partial charge in [0, 0.05) is 5.56 Å². The largest absolute Gasteiger partial charge is 0.472 e. The van der Waals surface area contributed by atoms with E-state index in [1.165, 1.54) is 12.4 Å². The number of ether oxygens (including phenoxy) is 1. The molecule has 1 aromatic heterocycles. The van der Waals surface area contributed by atoms with Gasteiger partial charge in [-0.3, -0.25) is 4.79 Å². The molecule has 0 aliphatic rings. The summed E-state index contributed by atoms with van der Waals surface area (Å²) in [6.45, 7) is 0.0408. The fraction of sp³-hybridized carbons (Fsp3) is 0.0909. The molecule has 0 spiro atoms. The molecule has 0 atom stereocenters. The summed E-state index contributed by atoms with van der Waals surface area (Å²) in [6, 6.07) is 6.30. The molecule has 2 rings (SSSR count). The fourth-order valence-corrected chi connectivity index (χ4v) is 1.68. The summed E-state index contributed by atoms with van der Waals surface area (Å²) >= 11 is 1.83. The average molecular weight is 346 g/mol. The molecule has 0 radical (unpaired) electrons. The first-order chi connectivity index (χ1) is 8.18.